The van der Waals surface area contributed by atoms with E-state index in [1.54, 1.807) is 17.4 Å². The van der Waals surface area contributed by atoms with Crippen LogP contribution in [-0.4, -0.2) is 5.11 Å². The topological polar surface area (TPSA) is 20.2 Å². The monoisotopic (exact) mass is 228 g/mol. The first kappa shape index (κ1) is 10.7. The van der Waals surface area contributed by atoms with Crippen molar-refractivity contribution >= 4 is 22.1 Å². The molecule has 0 atom stereocenters. The minimum absolute atomic E-state index is 0.350. The lowest BCUT2D eigenvalue weighted by molar-refractivity contribution is 0.481. The van der Waals surface area contributed by atoms with E-state index in [0.717, 1.165) is 10.8 Å². The van der Waals surface area contributed by atoms with Gasteiger partial charge in [0.25, 0.3) is 0 Å². The number of phenols is 1. The van der Waals surface area contributed by atoms with Crippen molar-refractivity contribution < 1.29 is 5.11 Å². The fraction of sp³-hybridized carbons (Fsp3) is 0. The number of aromatic hydroxyl groups is 1. The number of thiophene rings is 1. The van der Waals surface area contributed by atoms with Gasteiger partial charge in [0.05, 0.1) is 0 Å². The van der Waals surface area contributed by atoms with Crippen molar-refractivity contribution in [3.8, 4) is 5.75 Å². The molecule has 0 bridgehead atoms. The average molecular weight is 228 g/mol. The van der Waals surface area contributed by atoms with Crippen molar-refractivity contribution in [2.24, 2.45) is 0 Å². The van der Waals surface area contributed by atoms with Crippen LogP contribution in [0.15, 0.2) is 65.4 Å². The Labute approximate surface area is 98.6 Å². The molecule has 3 rings (SSSR count). The zero-order valence-corrected chi connectivity index (χ0v) is 9.52. The van der Waals surface area contributed by atoms with Gasteiger partial charge >= 0.3 is 0 Å². The maximum atomic E-state index is 9.37. The van der Waals surface area contributed by atoms with Gasteiger partial charge in [0.2, 0.25) is 0 Å². The molecule has 0 unspecified atom stereocenters. The van der Waals surface area contributed by atoms with Gasteiger partial charge in [-0.05, 0) is 22.2 Å². The van der Waals surface area contributed by atoms with Crippen LogP contribution in [0.3, 0.4) is 0 Å². The third kappa shape index (κ3) is 2.61. The van der Waals surface area contributed by atoms with Gasteiger partial charge in [0.1, 0.15) is 5.75 Å². The SMILES string of the molecule is Oc1cccc2ccccc12.c1ccsc1. The summed E-state index contributed by atoms with van der Waals surface area (Å²) in [4.78, 5) is 0. The van der Waals surface area contributed by atoms with E-state index in [0.29, 0.717) is 5.75 Å². The minimum atomic E-state index is 0.350. The smallest absolute Gasteiger partial charge is 0.123 e. The summed E-state index contributed by atoms with van der Waals surface area (Å²) in [6, 6.07) is 17.3. The van der Waals surface area contributed by atoms with Gasteiger partial charge in [-0.2, -0.15) is 11.3 Å². The molecule has 16 heavy (non-hydrogen) atoms. The molecule has 2 heteroatoms. The average Bonchev–Trinajstić information content (AvgIpc) is 2.88. The largest absolute Gasteiger partial charge is 0.507 e. The van der Waals surface area contributed by atoms with Crippen LogP contribution >= 0.6 is 11.3 Å². The van der Waals surface area contributed by atoms with E-state index in [2.05, 4.69) is 0 Å². The Balaban J connectivity index is 0.000000162. The molecule has 1 nitrogen and oxygen atoms in total. The maximum Gasteiger partial charge on any atom is 0.123 e. The summed E-state index contributed by atoms with van der Waals surface area (Å²) in [5.74, 6) is 0.350. The molecule has 0 saturated carbocycles. The molecule has 3 aromatic rings. The van der Waals surface area contributed by atoms with Crippen molar-refractivity contribution in [1.29, 1.82) is 0 Å². The van der Waals surface area contributed by atoms with Crippen LogP contribution in [0.2, 0.25) is 0 Å². The first-order valence-corrected chi connectivity index (χ1v) is 5.96. The van der Waals surface area contributed by atoms with Gasteiger partial charge in [0.15, 0.2) is 0 Å². The second kappa shape index (κ2) is 5.33. The summed E-state index contributed by atoms with van der Waals surface area (Å²) in [6.07, 6.45) is 0. The molecule has 0 fully saturated rings. The summed E-state index contributed by atoms with van der Waals surface area (Å²) in [5.41, 5.74) is 0. The van der Waals surface area contributed by atoms with E-state index >= 15 is 0 Å². The quantitative estimate of drug-likeness (QED) is 0.608. The Bertz CT molecular complexity index is 521. The van der Waals surface area contributed by atoms with Crippen molar-refractivity contribution in [2.75, 3.05) is 0 Å². The lowest BCUT2D eigenvalue weighted by atomic mass is 10.1. The molecular formula is C14H12OS. The molecule has 80 valence electrons. The Morgan fingerprint density at radius 3 is 2.06 bits per heavy atom. The summed E-state index contributed by atoms with van der Waals surface area (Å²) in [7, 11) is 0. The molecule has 0 aliphatic carbocycles. The molecule has 0 aliphatic heterocycles. The first-order valence-electron chi connectivity index (χ1n) is 5.02. The first-order chi connectivity index (χ1) is 7.88. The highest BCUT2D eigenvalue weighted by molar-refractivity contribution is 7.07. The minimum Gasteiger partial charge on any atom is -0.507 e. The van der Waals surface area contributed by atoms with Gasteiger partial charge in [-0.25, -0.2) is 0 Å². The van der Waals surface area contributed by atoms with Crippen LogP contribution in [0.25, 0.3) is 10.8 Å². The maximum absolute atomic E-state index is 9.37. The number of fused-ring (bicyclic) bond motifs is 1. The molecule has 1 aromatic heterocycles. The van der Waals surface area contributed by atoms with E-state index in [1.165, 1.54) is 0 Å². The standard InChI is InChI=1S/C10H8O.C4H4S/c11-10-7-3-5-8-4-1-2-6-9(8)10;1-2-4-5-3-1/h1-7,11H;1-4H. The summed E-state index contributed by atoms with van der Waals surface area (Å²) in [5, 5.41) is 15.4. The normalized spacial score (nSPS) is 9.50. The summed E-state index contributed by atoms with van der Waals surface area (Å²) in [6.45, 7) is 0. The fourth-order valence-electron chi connectivity index (χ4n) is 1.44. The van der Waals surface area contributed by atoms with Crippen molar-refractivity contribution in [3.63, 3.8) is 0 Å². The highest BCUT2D eigenvalue weighted by Crippen LogP contribution is 2.22. The van der Waals surface area contributed by atoms with Crippen LogP contribution in [0.1, 0.15) is 0 Å². The predicted octanol–water partition coefficient (Wildman–Crippen LogP) is 4.29. The number of benzene rings is 2. The molecule has 0 aliphatic rings. The molecule has 0 saturated heterocycles. The van der Waals surface area contributed by atoms with Crippen molar-refractivity contribution in [3.05, 3.63) is 65.4 Å². The molecule has 2 aromatic carbocycles. The zero-order valence-electron chi connectivity index (χ0n) is 8.71. The van der Waals surface area contributed by atoms with E-state index in [9.17, 15) is 5.11 Å². The Morgan fingerprint density at radius 2 is 1.44 bits per heavy atom. The molecule has 1 N–H and O–H groups in total. The predicted molar refractivity (Wildman–Crippen MR) is 69.9 cm³/mol. The fourth-order valence-corrected chi connectivity index (χ4v) is 1.89. The van der Waals surface area contributed by atoms with Crippen LogP contribution in [0, 0.1) is 0 Å². The van der Waals surface area contributed by atoms with Crippen molar-refractivity contribution in [1.82, 2.24) is 0 Å². The second-order valence-electron chi connectivity index (χ2n) is 3.29. The van der Waals surface area contributed by atoms with Crippen LogP contribution in [0.5, 0.6) is 5.75 Å². The third-order valence-electron chi connectivity index (χ3n) is 2.19. The van der Waals surface area contributed by atoms with E-state index in [1.807, 2.05) is 59.3 Å². The van der Waals surface area contributed by atoms with Crippen LogP contribution in [0.4, 0.5) is 0 Å². The van der Waals surface area contributed by atoms with Gasteiger partial charge in [-0.3, -0.25) is 0 Å². The second-order valence-corrected chi connectivity index (χ2v) is 4.11. The Kier molecular flexibility index (Phi) is 3.57. The van der Waals surface area contributed by atoms with E-state index in [-0.39, 0.29) is 0 Å². The highest BCUT2D eigenvalue weighted by Gasteiger charge is 1.94. The summed E-state index contributed by atoms with van der Waals surface area (Å²) >= 11 is 1.71. The van der Waals surface area contributed by atoms with E-state index in [4.69, 9.17) is 0 Å². The van der Waals surface area contributed by atoms with Crippen molar-refractivity contribution in [2.45, 2.75) is 0 Å². The highest BCUT2D eigenvalue weighted by atomic mass is 32.1. The lowest BCUT2D eigenvalue weighted by Gasteiger charge is -1.97. The molecule has 0 radical (unpaired) electrons. The Morgan fingerprint density at radius 1 is 0.750 bits per heavy atom. The number of phenolic OH excluding ortho intramolecular Hbond substituents is 1. The van der Waals surface area contributed by atoms with Gasteiger partial charge in [0, 0.05) is 5.39 Å². The van der Waals surface area contributed by atoms with Crippen LogP contribution < -0.4 is 0 Å². The van der Waals surface area contributed by atoms with Crippen LogP contribution in [-0.2, 0) is 0 Å². The zero-order chi connectivity index (χ0) is 11.2. The number of hydrogen-bond acceptors (Lipinski definition) is 2. The van der Waals surface area contributed by atoms with Gasteiger partial charge in [-0.1, -0.05) is 48.5 Å². The Hall–Kier alpha value is -1.80. The number of rotatable bonds is 0. The van der Waals surface area contributed by atoms with Gasteiger partial charge < -0.3 is 5.11 Å². The molecule has 0 spiro atoms. The third-order valence-corrected chi connectivity index (χ3v) is 2.82. The lowest BCUT2D eigenvalue weighted by Crippen LogP contribution is -1.70. The van der Waals surface area contributed by atoms with E-state index < -0.39 is 0 Å². The number of hydrogen-bond donors (Lipinski definition) is 1. The molecule has 0 amide bonds. The molecule has 1 heterocycles. The van der Waals surface area contributed by atoms with Gasteiger partial charge in [-0.15, -0.1) is 0 Å². The molecular weight excluding hydrogens is 216 g/mol. The summed E-state index contributed by atoms with van der Waals surface area (Å²) < 4.78 is 0.